The molecule has 23 heavy (non-hydrogen) atoms. The smallest absolute Gasteiger partial charge is 0.410 e. The number of likely N-dealkylation sites (tertiary alicyclic amines) is 1. The van der Waals surface area contributed by atoms with Gasteiger partial charge >= 0.3 is 6.09 Å². The number of piperidine rings is 1. The molecule has 4 heteroatoms. The van der Waals surface area contributed by atoms with Gasteiger partial charge in [-0.3, -0.25) is 0 Å². The Morgan fingerprint density at radius 1 is 1.13 bits per heavy atom. The van der Waals surface area contributed by atoms with Crippen molar-refractivity contribution in [2.75, 3.05) is 13.1 Å². The molecule has 2 atom stereocenters. The molecule has 2 rings (SSSR count). The summed E-state index contributed by atoms with van der Waals surface area (Å²) >= 11 is 0. The molecule has 1 aliphatic heterocycles. The highest BCUT2D eigenvalue weighted by atomic mass is 16.6. The van der Waals surface area contributed by atoms with Crippen LogP contribution in [0.2, 0.25) is 0 Å². The van der Waals surface area contributed by atoms with Crippen LogP contribution in [0.4, 0.5) is 4.79 Å². The van der Waals surface area contributed by atoms with E-state index in [1.165, 1.54) is 38.5 Å². The molecule has 0 aromatic rings. The summed E-state index contributed by atoms with van der Waals surface area (Å²) in [6, 6.07) is 0.616. The lowest BCUT2D eigenvalue weighted by Gasteiger charge is -2.40. The number of nitrogens with zero attached hydrogens (tertiary/aromatic N) is 1. The molecule has 2 fully saturated rings. The number of carbonyl (C=O) groups is 1. The van der Waals surface area contributed by atoms with Gasteiger partial charge in [-0.05, 0) is 59.4 Å². The molecule has 2 unspecified atom stereocenters. The van der Waals surface area contributed by atoms with Crippen molar-refractivity contribution in [1.29, 1.82) is 0 Å². The highest BCUT2D eigenvalue weighted by Crippen LogP contribution is 2.26. The quantitative estimate of drug-likeness (QED) is 0.836. The van der Waals surface area contributed by atoms with E-state index in [0.717, 1.165) is 31.8 Å². The zero-order valence-corrected chi connectivity index (χ0v) is 15.6. The largest absolute Gasteiger partial charge is 0.444 e. The van der Waals surface area contributed by atoms with E-state index >= 15 is 0 Å². The van der Waals surface area contributed by atoms with Crippen LogP contribution in [0, 0.1) is 5.92 Å². The van der Waals surface area contributed by atoms with Gasteiger partial charge < -0.3 is 15.0 Å². The Hall–Kier alpha value is -0.770. The minimum atomic E-state index is -0.418. The van der Waals surface area contributed by atoms with Crippen molar-refractivity contribution in [3.63, 3.8) is 0 Å². The van der Waals surface area contributed by atoms with Gasteiger partial charge in [-0.1, -0.05) is 32.1 Å². The van der Waals surface area contributed by atoms with Crippen LogP contribution in [0.15, 0.2) is 0 Å². The minimum Gasteiger partial charge on any atom is -0.444 e. The lowest BCUT2D eigenvalue weighted by molar-refractivity contribution is 0.00700. The molecule has 1 saturated heterocycles. The van der Waals surface area contributed by atoms with Gasteiger partial charge in [0.05, 0.1) is 0 Å². The third-order valence-electron chi connectivity index (χ3n) is 5.30. The fourth-order valence-electron chi connectivity index (χ4n) is 3.94. The van der Waals surface area contributed by atoms with Crippen molar-refractivity contribution in [3.8, 4) is 0 Å². The number of hydrogen-bond acceptors (Lipinski definition) is 3. The highest BCUT2D eigenvalue weighted by Gasteiger charge is 2.33. The zero-order valence-electron chi connectivity index (χ0n) is 15.6. The maximum absolute atomic E-state index is 12.4. The lowest BCUT2D eigenvalue weighted by atomic mass is 9.87. The van der Waals surface area contributed by atoms with Crippen molar-refractivity contribution < 1.29 is 9.53 Å². The Morgan fingerprint density at radius 3 is 2.48 bits per heavy atom. The van der Waals surface area contributed by atoms with Gasteiger partial charge in [-0.25, -0.2) is 4.79 Å². The molecule has 0 aromatic carbocycles. The van der Waals surface area contributed by atoms with E-state index in [-0.39, 0.29) is 12.1 Å². The first-order valence-corrected chi connectivity index (χ1v) is 9.60. The fourth-order valence-corrected chi connectivity index (χ4v) is 3.94. The molecule has 1 N–H and O–H groups in total. The van der Waals surface area contributed by atoms with Crippen LogP contribution in [-0.4, -0.2) is 41.8 Å². The Balaban J connectivity index is 1.77. The number of hydrogen-bond donors (Lipinski definition) is 1. The van der Waals surface area contributed by atoms with Crippen LogP contribution in [0.5, 0.6) is 0 Å². The van der Waals surface area contributed by atoms with Crippen LogP contribution < -0.4 is 5.32 Å². The van der Waals surface area contributed by atoms with Crippen molar-refractivity contribution in [3.05, 3.63) is 0 Å². The second-order valence-corrected chi connectivity index (χ2v) is 8.41. The van der Waals surface area contributed by atoms with E-state index in [9.17, 15) is 4.79 Å². The molecule has 1 saturated carbocycles. The first-order valence-electron chi connectivity index (χ1n) is 9.60. The second kappa shape index (κ2) is 8.36. The van der Waals surface area contributed by atoms with Gasteiger partial charge in [0.1, 0.15) is 5.60 Å². The van der Waals surface area contributed by atoms with Gasteiger partial charge in [0.25, 0.3) is 0 Å². The normalized spacial score (nSPS) is 27.0. The molecule has 1 aliphatic carbocycles. The summed E-state index contributed by atoms with van der Waals surface area (Å²) in [6.45, 7) is 9.85. The summed E-state index contributed by atoms with van der Waals surface area (Å²) in [5, 5.41) is 3.72. The monoisotopic (exact) mass is 324 g/mol. The Morgan fingerprint density at radius 2 is 1.83 bits per heavy atom. The van der Waals surface area contributed by atoms with Crippen LogP contribution in [-0.2, 0) is 4.74 Å². The van der Waals surface area contributed by atoms with Crippen molar-refractivity contribution in [2.24, 2.45) is 5.92 Å². The molecule has 0 bridgehead atoms. The topological polar surface area (TPSA) is 41.6 Å². The van der Waals surface area contributed by atoms with E-state index in [2.05, 4.69) is 12.2 Å². The van der Waals surface area contributed by atoms with Crippen molar-refractivity contribution in [2.45, 2.75) is 96.7 Å². The Labute approximate surface area is 142 Å². The Bertz CT molecular complexity index is 372. The van der Waals surface area contributed by atoms with E-state index in [0.29, 0.717) is 6.04 Å². The summed E-state index contributed by atoms with van der Waals surface area (Å²) < 4.78 is 5.55. The fraction of sp³-hybridized carbons (Fsp3) is 0.947. The molecule has 134 valence electrons. The standard InChI is InChI=1S/C19H36N2O2/c1-15-17(20-13-12-16-9-6-5-7-10-16)11-8-14-21(15)18(22)23-19(2,3)4/h15-17,20H,5-14H2,1-4H3. The average Bonchev–Trinajstić information content (AvgIpc) is 2.48. The summed E-state index contributed by atoms with van der Waals surface area (Å²) in [6.07, 6.45) is 10.4. The molecule has 2 aliphatic rings. The maximum atomic E-state index is 12.4. The van der Waals surface area contributed by atoms with E-state index in [4.69, 9.17) is 4.74 Å². The first-order chi connectivity index (χ1) is 10.9. The zero-order chi connectivity index (χ0) is 16.9. The van der Waals surface area contributed by atoms with Crippen molar-refractivity contribution >= 4 is 6.09 Å². The molecule has 4 nitrogen and oxygen atoms in total. The average molecular weight is 325 g/mol. The summed E-state index contributed by atoms with van der Waals surface area (Å²) in [5.41, 5.74) is -0.418. The van der Waals surface area contributed by atoms with E-state index in [1.807, 2.05) is 25.7 Å². The van der Waals surface area contributed by atoms with Gasteiger partial charge in [-0.2, -0.15) is 0 Å². The SMILES string of the molecule is CC1C(NCCC2CCCCC2)CCCN1C(=O)OC(C)(C)C. The lowest BCUT2D eigenvalue weighted by Crippen LogP contribution is -2.55. The first kappa shape index (κ1) is 18.6. The molecular formula is C19H36N2O2. The molecule has 1 heterocycles. The van der Waals surface area contributed by atoms with E-state index in [1.54, 1.807) is 0 Å². The van der Waals surface area contributed by atoms with Gasteiger partial charge in [0, 0.05) is 18.6 Å². The summed E-state index contributed by atoms with van der Waals surface area (Å²) in [4.78, 5) is 14.3. The minimum absolute atomic E-state index is 0.163. The van der Waals surface area contributed by atoms with Crippen molar-refractivity contribution in [1.82, 2.24) is 10.2 Å². The molecule has 0 aromatic heterocycles. The predicted octanol–water partition coefficient (Wildman–Crippen LogP) is 4.33. The van der Waals surface area contributed by atoms with Gasteiger partial charge in [0.15, 0.2) is 0 Å². The highest BCUT2D eigenvalue weighted by molar-refractivity contribution is 5.68. The van der Waals surface area contributed by atoms with Gasteiger partial charge in [0.2, 0.25) is 0 Å². The predicted molar refractivity (Wildman–Crippen MR) is 94.6 cm³/mol. The third kappa shape index (κ3) is 5.98. The molecule has 0 radical (unpaired) electrons. The summed E-state index contributed by atoms with van der Waals surface area (Å²) in [5.74, 6) is 0.914. The Kier molecular flexibility index (Phi) is 6.75. The van der Waals surface area contributed by atoms with Crippen LogP contribution in [0.1, 0.15) is 79.1 Å². The van der Waals surface area contributed by atoms with Gasteiger partial charge in [-0.15, -0.1) is 0 Å². The summed E-state index contributed by atoms with van der Waals surface area (Å²) in [7, 11) is 0. The number of nitrogens with one attached hydrogen (secondary N) is 1. The number of amides is 1. The maximum Gasteiger partial charge on any atom is 0.410 e. The molecule has 1 amide bonds. The van der Waals surface area contributed by atoms with E-state index < -0.39 is 5.60 Å². The number of carbonyl (C=O) groups excluding carboxylic acids is 1. The number of rotatable bonds is 4. The molecule has 0 spiro atoms. The van der Waals surface area contributed by atoms with Crippen LogP contribution in [0.25, 0.3) is 0 Å². The van der Waals surface area contributed by atoms with Crippen LogP contribution in [0.3, 0.4) is 0 Å². The van der Waals surface area contributed by atoms with Crippen LogP contribution >= 0.6 is 0 Å². The molecular weight excluding hydrogens is 288 g/mol. The third-order valence-corrected chi connectivity index (χ3v) is 5.30. The number of ether oxygens (including phenoxy) is 1. The second-order valence-electron chi connectivity index (χ2n) is 8.41.